The number of hydrogen-bond acceptors (Lipinski definition) is 2. The van der Waals surface area contributed by atoms with Gasteiger partial charge in [-0.15, -0.1) is 11.8 Å². The highest BCUT2D eigenvalue weighted by molar-refractivity contribution is 9.10. The summed E-state index contributed by atoms with van der Waals surface area (Å²) in [6, 6.07) is 6.50. The van der Waals surface area contributed by atoms with Crippen molar-refractivity contribution in [2.75, 3.05) is 17.6 Å². The lowest BCUT2D eigenvalue weighted by molar-refractivity contribution is 0.626. The summed E-state index contributed by atoms with van der Waals surface area (Å²) in [6.45, 7) is 1.16. The van der Waals surface area contributed by atoms with Crippen LogP contribution in [0.15, 0.2) is 27.6 Å². The number of fused-ring (bicyclic) bond motifs is 1. The van der Waals surface area contributed by atoms with Gasteiger partial charge in [0.15, 0.2) is 0 Å². The standard InChI is InChI=1S/C11H12BrNS/c12-8-1-2-9-10(5-8)14-7-11(3-4-11)6-13-9/h1-2,5,13H,3-4,6-7H2. The molecule has 0 saturated heterocycles. The highest BCUT2D eigenvalue weighted by Gasteiger charge is 2.43. The minimum atomic E-state index is 0.621. The van der Waals surface area contributed by atoms with Gasteiger partial charge >= 0.3 is 0 Å². The highest BCUT2D eigenvalue weighted by Crippen LogP contribution is 2.52. The van der Waals surface area contributed by atoms with Gasteiger partial charge in [-0.25, -0.2) is 0 Å². The lowest BCUT2D eigenvalue weighted by Gasteiger charge is -2.10. The Bertz CT molecular complexity index is 374. The first-order chi connectivity index (χ1) is 6.77. The topological polar surface area (TPSA) is 12.0 Å². The fraction of sp³-hybridized carbons (Fsp3) is 0.455. The van der Waals surface area contributed by atoms with Gasteiger partial charge in [-0.1, -0.05) is 15.9 Å². The van der Waals surface area contributed by atoms with Crippen LogP contribution in [0.25, 0.3) is 0 Å². The molecule has 1 nitrogen and oxygen atoms in total. The summed E-state index contributed by atoms with van der Waals surface area (Å²) in [4.78, 5) is 1.39. The van der Waals surface area contributed by atoms with Crippen LogP contribution in [0.5, 0.6) is 0 Å². The minimum Gasteiger partial charge on any atom is -0.384 e. The third-order valence-electron chi connectivity index (χ3n) is 3.09. The van der Waals surface area contributed by atoms with E-state index in [2.05, 4.69) is 39.4 Å². The van der Waals surface area contributed by atoms with Gasteiger partial charge in [0.2, 0.25) is 0 Å². The van der Waals surface area contributed by atoms with Crippen LogP contribution in [0.4, 0.5) is 5.69 Å². The normalized spacial score (nSPS) is 22.4. The first kappa shape index (κ1) is 9.10. The maximum Gasteiger partial charge on any atom is 0.0479 e. The molecular weight excluding hydrogens is 258 g/mol. The molecule has 1 aromatic rings. The first-order valence-electron chi connectivity index (χ1n) is 4.94. The Kier molecular flexibility index (Phi) is 2.06. The zero-order valence-electron chi connectivity index (χ0n) is 7.85. The van der Waals surface area contributed by atoms with Crippen molar-refractivity contribution in [1.82, 2.24) is 0 Å². The molecule has 1 N–H and O–H groups in total. The number of halogens is 1. The monoisotopic (exact) mass is 269 g/mol. The number of thioether (sulfide) groups is 1. The molecule has 3 rings (SSSR count). The van der Waals surface area contributed by atoms with Crippen molar-refractivity contribution >= 4 is 33.4 Å². The average Bonchev–Trinajstić information content (AvgIpc) is 2.96. The third kappa shape index (κ3) is 1.57. The summed E-state index contributed by atoms with van der Waals surface area (Å²) >= 11 is 5.52. The number of nitrogens with one attached hydrogen (secondary N) is 1. The second-order valence-electron chi connectivity index (χ2n) is 4.28. The summed E-state index contributed by atoms with van der Waals surface area (Å²) in [5.41, 5.74) is 1.93. The highest BCUT2D eigenvalue weighted by atomic mass is 79.9. The van der Waals surface area contributed by atoms with E-state index in [-0.39, 0.29) is 0 Å². The van der Waals surface area contributed by atoms with Crippen LogP contribution in [0, 0.1) is 5.41 Å². The lowest BCUT2D eigenvalue weighted by atomic mass is 10.1. The van der Waals surface area contributed by atoms with E-state index in [1.54, 1.807) is 0 Å². The van der Waals surface area contributed by atoms with Crippen molar-refractivity contribution in [1.29, 1.82) is 0 Å². The summed E-state index contributed by atoms with van der Waals surface area (Å²) < 4.78 is 1.18. The molecule has 0 radical (unpaired) electrons. The summed E-state index contributed by atoms with van der Waals surface area (Å²) in [7, 11) is 0. The molecule has 14 heavy (non-hydrogen) atoms. The Morgan fingerprint density at radius 1 is 1.36 bits per heavy atom. The maximum atomic E-state index is 3.56. The zero-order valence-corrected chi connectivity index (χ0v) is 10.2. The van der Waals surface area contributed by atoms with E-state index in [0.29, 0.717) is 5.41 Å². The van der Waals surface area contributed by atoms with Crippen molar-refractivity contribution in [3.8, 4) is 0 Å². The molecule has 1 aliphatic carbocycles. The lowest BCUT2D eigenvalue weighted by Crippen LogP contribution is -2.15. The van der Waals surface area contributed by atoms with Crippen LogP contribution in [0.2, 0.25) is 0 Å². The molecule has 2 aliphatic rings. The van der Waals surface area contributed by atoms with Crippen LogP contribution in [0.1, 0.15) is 12.8 Å². The average molecular weight is 270 g/mol. The second kappa shape index (κ2) is 3.17. The van der Waals surface area contributed by atoms with Gasteiger partial charge in [0.1, 0.15) is 0 Å². The van der Waals surface area contributed by atoms with E-state index < -0.39 is 0 Å². The van der Waals surface area contributed by atoms with Crippen LogP contribution in [-0.4, -0.2) is 12.3 Å². The van der Waals surface area contributed by atoms with Crippen LogP contribution in [0.3, 0.4) is 0 Å². The molecule has 0 amide bonds. The molecule has 1 saturated carbocycles. The number of rotatable bonds is 0. The first-order valence-corrected chi connectivity index (χ1v) is 6.72. The van der Waals surface area contributed by atoms with Gasteiger partial charge < -0.3 is 5.32 Å². The smallest absolute Gasteiger partial charge is 0.0479 e. The number of benzene rings is 1. The van der Waals surface area contributed by atoms with Crippen LogP contribution >= 0.6 is 27.7 Å². The Balaban J connectivity index is 1.93. The predicted molar refractivity (Wildman–Crippen MR) is 65.0 cm³/mol. The van der Waals surface area contributed by atoms with Crippen molar-refractivity contribution in [2.24, 2.45) is 5.41 Å². The quantitative estimate of drug-likeness (QED) is 0.770. The van der Waals surface area contributed by atoms with Gasteiger partial charge in [0, 0.05) is 27.4 Å². The van der Waals surface area contributed by atoms with Gasteiger partial charge in [-0.3, -0.25) is 0 Å². The van der Waals surface area contributed by atoms with E-state index in [1.165, 1.54) is 33.7 Å². The van der Waals surface area contributed by atoms with Crippen molar-refractivity contribution in [3.63, 3.8) is 0 Å². The maximum absolute atomic E-state index is 3.56. The predicted octanol–water partition coefficient (Wildman–Crippen LogP) is 3.75. The molecule has 3 heteroatoms. The molecule has 0 unspecified atom stereocenters. The molecule has 1 aromatic carbocycles. The van der Waals surface area contributed by atoms with E-state index >= 15 is 0 Å². The largest absolute Gasteiger partial charge is 0.384 e. The Morgan fingerprint density at radius 2 is 2.21 bits per heavy atom. The number of hydrogen-bond donors (Lipinski definition) is 1. The second-order valence-corrected chi connectivity index (χ2v) is 6.22. The van der Waals surface area contributed by atoms with E-state index in [1.807, 2.05) is 11.8 Å². The minimum absolute atomic E-state index is 0.621. The summed E-state index contributed by atoms with van der Waals surface area (Å²) in [6.07, 6.45) is 2.81. The van der Waals surface area contributed by atoms with Crippen molar-refractivity contribution in [3.05, 3.63) is 22.7 Å². The summed E-state index contributed by atoms with van der Waals surface area (Å²) in [5.74, 6) is 1.28. The Morgan fingerprint density at radius 3 is 3.00 bits per heavy atom. The SMILES string of the molecule is Brc1ccc2c(c1)SCC1(CC1)CN2. The number of anilines is 1. The van der Waals surface area contributed by atoms with E-state index in [9.17, 15) is 0 Å². The van der Waals surface area contributed by atoms with Gasteiger partial charge in [-0.05, 0) is 36.5 Å². The molecule has 0 bridgehead atoms. The van der Waals surface area contributed by atoms with Gasteiger partial charge in [0.25, 0.3) is 0 Å². The van der Waals surface area contributed by atoms with Gasteiger partial charge in [-0.2, -0.15) is 0 Å². The fourth-order valence-electron chi connectivity index (χ4n) is 1.82. The van der Waals surface area contributed by atoms with Gasteiger partial charge in [0.05, 0.1) is 0 Å². The molecule has 1 aliphatic heterocycles. The fourth-order valence-corrected chi connectivity index (χ4v) is 3.70. The molecule has 1 fully saturated rings. The van der Waals surface area contributed by atoms with Crippen molar-refractivity contribution in [2.45, 2.75) is 17.7 Å². The summed E-state index contributed by atoms with van der Waals surface area (Å²) in [5, 5.41) is 3.56. The van der Waals surface area contributed by atoms with E-state index in [4.69, 9.17) is 0 Å². The molecule has 1 heterocycles. The van der Waals surface area contributed by atoms with E-state index in [0.717, 1.165) is 6.54 Å². The Hall–Kier alpha value is -0.150. The van der Waals surface area contributed by atoms with Crippen molar-refractivity contribution < 1.29 is 0 Å². The molecule has 0 aromatic heterocycles. The zero-order chi connectivity index (χ0) is 9.60. The molecular formula is C11H12BrNS. The molecule has 1 spiro atoms. The third-order valence-corrected chi connectivity index (χ3v) is 4.99. The molecule has 74 valence electrons. The Labute approximate surface area is 96.8 Å². The van der Waals surface area contributed by atoms with Crippen LogP contribution in [-0.2, 0) is 0 Å². The molecule has 0 atom stereocenters. The van der Waals surface area contributed by atoms with Crippen LogP contribution < -0.4 is 5.32 Å².